The van der Waals surface area contributed by atoms with Crippen LogP contribution in [0.25, 0.3) is 0 Å². The van der Waals surface area contributed by atoms with Gasteiger partial charge < -0.3 is 19.1 Å². The third-order valence-corrected chi connectivity index (χ3v) is 8.32. The van der Waals surface area contributed by atoms with Gasteiger partial charge in [-0.3, -0.25) is 9.69 Å². The quantitative estimate of drug-likeness (QED) is 0.396. The maximum absolute atomic E-state index is 11.8. The molecule has 8 nitrogen and oxygen atoms in total. The van der Waals surface area contributed by atoms with E-state index in [-0.39, 0.29) is 24.6 Å². The van der Waals surface area contributed by atoms with E-state index in [4.69, 9.17) is 30.6 Å². The van der Waals surface area contributed by atoms with Crippen LogP contribution in [0.5, 0.6) is 0 Å². The summed E-state index contributed by atoms with van der Waals surface area (Å²) >= 11 is 6.64. The number of rotatable bonds is 4. The fourth-order valence-corrected chi connectivity index (χ4v) is 5.96. The van der Waals surface area contributed by atoms with Gasteiger partial charge in [0.2, 0.25) is 6.29 Å². The van der Waals surface area contributed by atoms with Gasteiger partial charge in [-0.1, -0.05) is 23.7 Å². The van der Waals surface area contributed by atoms with E-state index in [9.17, 15) is 22.8 Å². The first-order valence-electron chi connectivity index (χ1n) is 12.9. The number of halogens is 4. The molecule has 0 saturated carbocycles. The number of fused-ring (bicyclic) bond motifs is 3. The Hall–Kier alpha value is -2.99. The van der Waals surface area contributed by atoms with E-state index in [0.29, 0.717) is 35.4 Å². The fourth-order valence-electron chi connectivity index (χ4n) is 5.62. The number of benzene rings is 2. The molecule has 6 rings (SSSR count). The molecule has 214 valence electrons. The van der Waals surface area contributed by atoms with E-state index in [1.165, 1.54) is 11.1 Å². The number of carbonyl (C=O) groups is 3. The second kappa shape index (κ2) is 11.5. The van der Waals surface area contributed by atoms with E-state index in [2.05, 4.69) is 22.8 Å². The average molecular weight is 581 g/mol. The Morgan fingerprint density at radius 2 is 1.65 bits per heavy atom. The summed E-state index contributed by atoms with van der Waals surface area (Å²) in [5.74, 6) is -0.513. The number of carbonyl (C=O) groups excluding carboxylic acids is 3. The minimum Gasteiger partial charge on any atom is -0.457 e. The second-order valence-electron chi connectivity index (χ2n) is 10.2. The van der Waals surface area contributed by atoms with Gasteiger partial charge in [0.05, 0.1) is 28.9 Å². The van der Waals surface area contributed by atoms with Gasteiger partial charge >= 0.3 is 18.1 Å². The molecule has 2 aromatic carbocycles. The number of alkyl halides is 3. The van der Waals surface area contributed by atoms with Crippen LogP contribution in [-0.2, 0) is 38.6 Å². The molecule has 2 fully saturated rings. The van der Waals surface area contributed by atoms with Crippen LogP contribution < -0.4 is 0 Å². The number of aldehydes is 1. The molecule has 0 aromatic heterocycles. The molecule has 2 saturated heterocycles. The molecular formula is C28H28ClF3N2O6. The van der Waals surface area contributed by atoms with Crippen molar-refractivity contribution in [2.45, 2.75) is 44.9 Å². The second-order valence-corrected chi connectivity index (χ2v) is 10.6. The van der Waals surface area contributed by atoms with Crippen LogP contribution in [-0.4, -0.2) is 79.6 Å². The van der Waals surface area contributed by atoms with Crippen molar-refractivity contribution in [2.24, 2.45) is 0 Å². The van der Waals surface area contributed by atoms with Crippen LogP contribution in [0.2, 0.25) is 5.02 Å². The molecular weight excluding hydrogens is 553 g/mol. The van der Waals surface area contributed by atoms with E-state index in [1.807, 2.05) is 18.2 Å². The SMILES string of the molecule is Cc1c(CCN2CCN3C[C@H](c4ccc5c(c4Cl)COC5=O)OC[C@@H]3C2)ccc2c1COC2=O.O=CC(F)(F)F. The predicted molar refractivity (Wildman–Crippen MR) is 137 cm³/mol. The van der Waals surface area contributed by atoms with E-state index in [0.717, 1.165) is 55.8 Å². The van der Waals surface area contributed by atoms with Gasteiger partial charge in [0, 0.05) is 55.5 Å². The lowest BCUT2D eigenvalue weighted by Gasteiger charge is -2.46. The number of esters is 2. The highest BCUT2D eigenvalue weighted by Crippen LogP contribution is 2.37. The van der Waals surface area contributed by atoms with Gasteiger partial charge in [0.15, 0.2) is 0 Å². The number of cyclic esters (lactones) is 2. The molecule has 0 radical (unpaired) electrons. The summed E-state index contributed by atoms with van der Waals surface area (Å²) in [4.78, 5) is 37.3. The normalized spacial score (nSPS) is 22.4. The third kappa shape index (κ3) is 5.88. The summed E-state index contributed by atoms with van der Waals surface area (Å²) in [7, 11) is 0. The Morgan fingerprint density at radius 3 is 2.35 bits per heavy atom. The molecule has 0 spiro atoms. The van der Waals surface area contributed by atoms with Crippen LogP contribution >= 0.6 is 11.6 Å². The number of nitrogens with zero attached hydrogens (tertiary/aromatic N) is 2. The minimum absolute atomic E-state index is 0.102. The molecule has 2 aromatic rings. The first kappa shape index (κ1) is 28.5. The van der Waals surface area contributed by atoms with Crippen LogP contribution in [0.15, 0.2) is 24.3 Å². The molecule has 40 heavy (non-hydrogen) atoms. The van der Waals surface area contributed by atoms with Crippen molar-refractivity contribution >= 4 is 29.8 Å². The van der Waals surface area contributed by atoms with Crippen LogP contribution in [0, 0.1) is 6.92 Å². The molecule has 0 aliphatic carbocycles. The molecule has 0 bridgehead atoms. The summed E-state index contributed by atoms with van der Waals surface area (Å²) < 4.78 is 47.8. The summed E-state index contributed by atoms with van der Waals surface area (Å²) in [6, 6.07) is 8.06. The zero-order chi connectivity index (χ0) is 28.6. The van der Waals surface area contributed by atoms with Crippen molar-refractivity contribution in [3.05, 3.63) is 68.2 Å². The third-order valence-electron chi connectivity index (χ3n) is 7.88. The zero-order valence-corrected chi connectivity index (χ0v) is 22.5. The molecule has 0 unspecified atom stereocenters. The molecule has 12 heteroatoms. The van der Waals surface area contributed by atoms with Crippen molar-refractivity contribution in [1.29, 1.82) is 0 Å². The number of hydrogen-bond acceptors (Lipinski definition) is 8. The maximum atomic E-state index is 11.8. The Bertz CT molecular complexity index is 1330. The number of morpholine rings is 1. The Labute approximate surface area is 233 Å². The van der Waals surface area contributed by atoms with Crippen LogP contribution in [0.4, 0.5) is 13.2 Å². The van der Waals surface area contributed by atoms with Gasteiger partial charge in [0.25, 0.3) is 0 Å². The zero-order valence-electron chi connectivity index (χ0n) is 21.8. The Morgan fingerprint density at radius 1 is 1.00 bits per heavy atom. The lowest BCUT2D eigenvalue weighted by Crippen LogP contribution is -2.58. The number of piperazine rings is 1. The van der Waals surface area contributed by atoms with Gasteiger partial charge in [-0.2, -0.15) is 13.2 Å². The van der Waals surface area contributed by atoms with Crippen molar-refractivity contribution in [3.8, 4) is 0 Å². The smallest absolute Gasteiger partial charge is 0.446 e. The fraction of sp³-hybridized carbons (Fsp3) is 0.464. The van der Waals surface area contributed by atoms with Crippen molar-refractivity contribution in [3.63, 3.8) is 0 Å². The largest absolute Gasteiger partial charge is 0.457 e. The van der Waals surface area contributed by atoms with Crippen LogP contribution in [0.1, 0.15) is 54.6 Å². The number of hydrogen-bond donors (Lipinski definition) is 0. The lowest BCUT2D eigenvalue weighted by atomic mass is 9.96. The van der Waals surface area contributed by atoms with Gasteiger partial charge in [0.1, 0.15) is 13.2 Å². The topological polar surface area (TPSA) is 85.4 Å². The Balaban J connectivity index is 0.000000487. The van der Waals surface area contributed by atoms with Crippen molar-refractivity contribution < 1.29 is 41.8 Å². The first-order valence-corrected chi connectivity index (χ1v) is 13.3. The molecule has 4 heterocycles. The van der Waals surface area contributed by atoms with Gasteiger partial charge in [-0.25, -0.2) is 9.59 Å². The first-order chi connectivity index (χ1) is 19.1. The summed E-state index contributed by atoms with van der Waals surface area (Å²) in [5, 5.41) is 0.599. The van der Waals surface area contributed by atoms with Crippen LogP contribution in [0.3, 0.4) is 0 Å². The summed E-state index contributed by atoms with van der Waals surface area (Å²) in [5.41, 5.74) is 6.50. The predicted octanol–water partition coefficient (Wildman–Crippen LogP) is 4.04. The average Bonchev–Trinajstić information content (AvgIpc) is 3.51. The van der Waals surface area contributed by atoms with E-state index in [1.54, 1.807) is 0 Å². The summed E-state index contributed by atoms with van der Waals surface area (Å²) in [6.07, 6.45) is -4.85. The number of ether oxygens (including phenoxy) is 3. The Kier molecular flexibility index (Phi) is 8.19. The molecule has 0 N–H and O–H groups in total. The van der Waals surface area contributed by atoms with Gasteiger partial charge in [-0.05, 0) is 36.6 Å². The molecule has 4 aliphatic heterocycles. The van der Waals surface area contributed by atoms with E-state index >= 15 is 0 Å². The standard InChI is InChI=1S/C26H27ClN2O5.C2HF3O/c1-15-16(2-3-18-21(15)13-33-25(18)30)6-7-28-8-9-29-11-23(32-12-17(29)10-28)20-5-4-19-22(24(20)27)14-34-26(19)31;3-2(4,5)1-6/h2-5,17,23H,6-14H2,1H3;1H/t17-,23+;/m0./s1. The van der Waals surface area contributed by atoms with E-state index < -0.39 is 12.5 Å². The monoisotopic (exact) mass is 580 g/mol. The summed E-state index contributed by atoms with van der Waals surface area (Å²) in [6.45, 7) is 8.12. The van der Waals surface area contributed by atoms with Crippen molar-refractivity contribution in [1.82, 2.24) is 9.80 Å². The van der Waals surface area contributed by atoms with Gasteiger partial charge in [-0.15, -0.1) is 0 Å². The minimum atomic E-state index is -4.64. The molecule has 2 atom stereocenters. The highest BCUT2D eigenvalue weighted by molar-refractivity contribution is 6.32. The highest BCUT2D eigenvalue weighted by Gasteiger charge is 2.36. The molecule has 4 aliphatic rings. The molecule has 0 amide bonds. The van der Waals surface area contributed by atoms with Crippen molar-refractivity contribution in [2.75, 3.05) is 39.3 Å². The maximum Gasteiger partial charge on any atom is 0.446 e. The highest BCUT2D eigenvalue weighted by atomic mass is 35.5. The lowest BCUT2D eigenvalue weighted by molar-refractivity contribution is -0.156.